The number of carboxylic acid groups (broad SMARTS) is 1. The maximum atomic E-state index is 13.2. The molecule has 0 unspecified atom stereocenters. The van der Waals surface area contributed by atoms with Gasteiger partial charge in [-0.3, -0.25) is 4.79 Å². The van der Waals surface area contributed by atoms with Crippen LogP contribution in [0.5, 0.6) is 0 Å². The molecule has 1 amide bonds. The summed E-state index contributed by atoms with van der Waals surface area (Å²) in [6.07, 6.45) is 0. The highest BCUT2D eigenvalue weighted by molar-refractivity contribution is 7.98. The van der Waals surface area contributed by atoms with Crippen LogP contribution < -0.4 is 4.31 Å². The average molecular weight is 305 g/mol. The number of benzene rings is 1. The van der Waals surface area contributed by atoms with Gasteiger partial charge in [0.05, 0.1) is 11.3 Å². The standard InChI is InChI=1S/C11H9F2NO5S/c1-11(2)10(17)14(20(11,18)19)8-4-7(13)6(12)3-5(8)9(15)16/h3-4H,1-2H3,(H,15,16). The number of halogens is 2. The van der Waals surface area contributed by atoms with E-state index in [0.29, 0.717) is 12.1 Å². The van der Waals surface area contributed by atoms with Crippen molar-refractivity contribution in [3.8, 4) is 0 Å². The van der Waals surface area contributed by atoms with Gasteiger partial charge in [0, 0.05) is 6.07 Å². The first-order chi connectivity index (χ1) is 9.01. The Balaban J connectivity index is 2.69. The Bertz CT molecular complexity index is 741. The summed E-state index contributed by atoms with van der Waals surface area (Å²) in [4.78, 5) is 22.8. The predicted molar refractivity (Wildman–Crippen MR) is 63.8 cm³/mol. The van der Waals surface area contributed by atoms with Crippen molar-refractivity contribution in [1.29, 1.82) is 0 Å². The average Bonchev–Trinajstić information content (AvgIpc) is 2.32. The molecule has 1 saturated heterocycles. The van der Waals surface area contributed by atoms with E-state index < -0.39 is 49.5 Å². The summed E-state index contributed by atoms with van der Waals surface area (Å²) in [6.45, 7) is 2.28. The lowest BCUT2D eigenvalue weighted by molar-refractivity contribution is -0.120. The van der Waals surface area contributed by atoms with Crippen LogP contribution >= 0.6 is 0 Å². The summed E-state index contributed by atoms with van der Waals surface area (Å²) in [7, 11) is -4.16. The molecule has 0 spiro atoms. The minimum atomic E-state index is -4.16. The quantitative estimate of drug-likeness (QED) is 0.884. The van der Waals surface area contributed by atoms with Gasteiger partial charge in [0.25, 0.3) is 15.9 Å². The summed E-state index contributed by atoms with van der Waals surface area (Å²) >= 11 is 0. The summed E-state index contributed by atoms with van der Waals surface area (Å²) in [6, 6.07) is 0.713. The molecule has 9 heteroatoms. The number of hydrogen-bond donors (Lipinski definition) is 1. The van der Waals surface area contributed by atoms with E-state index in [1.165, 1.54) is 0 Å². The lowest BCUT2D eigenvalue weighted by atomic mass is 10.1. The molecule has 2 rings (SSSR count). The van der Waals surface area contributed by atoms with E-state index in [-0.39, 0.29) is 4.31 Å². The van der Waals surface area contributed by atoms with E-state index in [4.69, 9.17) is 5.11 Å². The van der Waals surface area contributed by atoms with Crippen LogP contribution in [-0.4, -0.2) is 30.1 Å². The highest BCUT2D eigenvalue weighted by atomic mass is 32.2. The Morgan fingerprint density at radius 3 is 2.20 bits per heavy atom. The molecule has 0 radical (unpaired) electrons. The predicted octanol–water partition coefficient (Wildman–Crippen LogP) is 1.12. The number of anilines is 1. The smallest absolute Gasteiger partial charge is 0.337 e. The molecule has 0 aliphatic carbocycles. The van der Waals surface area contributed by atoms with E-state index in [2.05, 4.69) is 0 Å². The topological polar surface area (TPSA) is 91.8 Å². The Morgan fingerprint density at radius 2 is 1.75 bits per heavy atom. The maximum Gasteiger partial charge on any atom is 0.337 e. The summed E-state index contributed by atoms with van der Waals surface area (Å²) < 4.78 is 48.6. The molecule has 0 bridgehead atoms. The number of nitrogens with zero attached hydrogens (tertiary/aromatic N) is 1. The molecule has 1 aliphatic heterocycles. The van der Waals surface area contributed by atoms with Gasteiger partial charge in [-0.25, -0.2) is 26.3 Å². The minimum Gasteiger partial charge on any atom is -0.478 e. The van der Waals surface area contributed by atoms with E-state index in [9.17, 15) is 26.8 Å². The van der Waals surface area contributed by atoms with Gasteiger partial charge in [-0.15, -0.1) is 0 Å². The molecule has 1 heterocycles. The van der Waals surface area contributed by atoms with E-state index in [0.717, 1.165) is 13.8 Å². The first-order valence-electron chi connectivity index (χ1n) is 5.33. The lowest BCUT2D eigenvalue weighted by Gasteiger charge is -2.43. The van der Waals surface area contributed by atoms with Gasteiger partial charge >= 0.3 is 5.97 Å². The van der Waals surface area contributed by atoms with Crippen molar-refractivity contribution < 1.29 is 31.9 Å². The molecular formula is C11H9F2NO5S. The van der Waals surface area contributed by atoms with Crippen LogP contribution in [0.4, 0.5) is 14.5 Å². The molecule has 20 heavy (non-hydrogen) atoms. The second-order valence-corrected chi connectivity index (χ2v) is 7.01. The fraction of sp³-hybridized carbons (Fsp3) is 0.273. The van der Waals surface area contributed by atoms with E-state index in [1.54, 1.807) is 0 Å². The zero-order valence-electron chi connectivity index (χ0n) is 10.3. The third-order valence-corrected chi connectivity index (χ3v) is 5.38. The monoisotopic (exact) mass is 305 g/mol. The van der Waals surface area contributed by atoms with Gasteiger partial charge in [-0.05, 0) is 19.9 Å². The van der Waals surface area contributed by atoms with Gasteiger partial charge in [0.15, 0.2) is 16.4 Å². The first kappa shape index (κ1) is 14.4. The van der Waals surface area contributed by atoms with Crippen LogP contribution in [0, 0.1) is 11.6 Å². The van der Waals surface area contributed by atoms with Crippen molar-refractivity contribution in [2.45, 2.75) is 18.6 Å². The van der Waals surface area contributed by atoms with Gasteiger partial charge in [-0.2, -0.15) is 0 Å². The van der Waals surface area contributed by atoms with Crippen molar-refractivity contribution >= 4 is 27.6 Å². The minimum absolute atomic E-state index is 0.180. The summed E-state index contributed by atoms with van der Waals surface area (Å²) in [5.74, 6) is -5.48. The van der Waals surface area contributed by atoms with Crippen LogP contribution in [0.2, 0.25) is 0 Å². The molecule has 1 aromatic carbocycles. The van der Waals surface area contributed by atoms with Gasteiger partial charge in [0.1, 0.15) is 0 Å². The molecule has 1 fully saturated rings. The number of aromatic carboxylic acids is 1. The molecule has 0 saturated carbocycles. The second kappa shape index (κ2) is 3.98. The van der Waals surface area contributed by atoms with Gasteiger partial charge in [-0.1, -0.05) is 0 Å². The molecule has 0 aromatic heterocycles. The Kier molecular flexibility index (Phi) is 2.86. The Labute approximate surface area is 112 Å². The third-order valence-electron chi connectivity index (χ3n) is 3.07. The molecule has 6 nitrogen and oxygen atoms in total. The second-order valence-electron chi connectivity index (χ2n) is 4.67. The molecule has 1 aliphatic rings. The first-order valence-corrected chi connectivity index (χ1v) is 6.77. The van der Waals surface area contributed by atoms with Crippen LogP contribution in [0.15, 0.2) is 12.1 Å². The number of rotatable bonds is 2. The van der Waals surface area contributed by atoms with Crippen LogP contribution in [0.3, 0.4) is 0 Å². The van der Waals surface area contributed by atoms with Gasteiger partial charge in [0.2, 0.25) is 0 Å². The van der Waals surface area contributed by atoms with Crippen LogP contribution in [0.1, 0.15) is 24.2 Å². The number of amides is 1. The number of hydrogen-bond acceptors (Lipinski definition) is 4. The number of carbonyl (C=O) groups excluding carboxylic acids is 1. The lowest BCUT2D eigenvalue weighted by Crippen LogP contribution is -2.68. The third kappa shape index (κ3) is 1.62. The molecule has 1 N–H and O–H groups in total. The van der Waals surface area contributed by atoms with Crippen molar-refractivity contribution in [2.75, 3.05) is 4.31 Å². The van der Waals surface area contributed by atoms with Crippen molar-refractivity contribution in [2.24, 2.45) is 0 Å². The largest absolute Gasteiger partial charge is 0.478 e. The highest BCUT2D eigenvalue weighted by Crippen LogP contribution is 2.41. The maximum absolute atomic E-state index is 13.2. The summed E-state index contributed by atoms with van der Waals surface area (Å²) in [5, 5.41) is 8.91. The molecular weight excluding hydrogens is 296 g/mol. The Hall–Kier alpha value is -2.03. The Morgan fingerprint density at radius 1 is 1.25 bits per heavy atom. The highest BCUT2D eigenvalue weighted by Gasteiger charge is 2.61. The fourth-order valence-corrected chi connectivity index (χ4v) is 3.26. The number of carboxylic acids is 1. The normalized spacial score (nSPS) is 19.6. The molecule has 0 atom stereocenters. The molecule has 108 valence electrons. The van der Waals surface area contributed by atoms with Crippen molar-refractivity contribution in [1.82, 2.24) is 0 Å². The van der Waals surface area contributed by atoms with Crippen molar-refractivity contribution in [3.05, 3.63) is 29.3 Å². The number of sulfonamides is 1. The van der Waals surface area contributed by atoms with Gasteiger partial charge < -0.3 is 5.11 Å². The fourth-order valence-electron chi connectivity index (χ4n) is 1.77. The zero-order chi connectivity index (χ0) is 15.5. The van der Waals surface area contributed by atoms with Crippen LogP contribution in [-0.2, 0) is 14.8 Å². The van der Waals surface area contributed by atoms with Crippen LogP contribution in [0.25, 0.3) is 0 Å². The van der Waals surface area contributed by atoms with E-state index in [1.807, 2.05) is 0 Å². The molecule has 1 aromatic rings. The number of carbonyl (C=O) groups is 2. The van der Waals surface area contributed by atoms with E-state index >= 15 is 0 Å². The SMILES string of the molecule is CC1(C)C(=O)N(c2cc(F)c(F)cc2C(=O)O)S1(=O)=O. The summed E-state index contributed by atoms with van der Waals surface area (Å²) in [5.41, 5.74) is -1.52. The zero-order valence-corrected chi connectivity index (χ0v) is 11.2. The van der Waals surface area contributed by atoms with Crippen molar-refractivity contribution in [3.63, 3.8) is 0 Å².